The second kappa shape index (κ2) is 45.5. The summed E-state index contributed by atoms with van der Waals surface area (Å²) in [6.45, 7) is 5.60. The molecule has 0 bridgehead atoms. The van der Waals surface area contributed by atoms with Gasteiger partial charge in [-0.3, -0.25) is 9.59 Å². The molecule has 0 aromatic carbocycles. The van der Waals surface area contributed by atoms with Crippen molar-refractivity contribution in [3.63, 3.8) is 0 Å². The molecule has 8 unspecified atom stereocenters. The van der Waals surface area contributed by atoms with Gasteiger partial charge in [-0.25, -0.2) is 0 Å². The standard InChI is InChI=1S/C57H101NO10/c1-4-7-10-13-16-19-22-24-26-29-32-35-38-41-44-50(61)56(65)58-48(49(60)43-40-37-34-31-28-21-18-15-12-9-6-3)47-66-57-55(54(64)53(63)51(46-59)67-57)68-52(62)45-42-39-36-33-30-27-25-23-20-17-14-11-8-5-2/h7,10,13,16,19,22,24,26,40,43,48-51,53-55,57,59-61,63-64H,4-6,8-9,11-12,14-15,17-18,20-21,23,25,27-39,41-42,44-47H2,1-3H3,(H,58,65)/b10-7+,16-13+,22-19+,26-24-,43-40+. The third-order valence-corrected chi connectivity index (χ3v) is 12.8. The summed E-state index contributed by atoms with van der Waals surface area (Å²) in [5, 5.41) is 56.7. The molecule has 0 aliphatic carbocycles. The van der Waals surface area contributed by atoms with Crippen molar-refractivity contribution in [3.05, 3.63) is 60.8 Å². The van der Waals surface area contributed by atoms with E-state index in [0.29, 0.717) is 12.8 Å². The van der Waals surface area contributed by atoms with Crippen LogP contribution in [0.3, 0.4) is 0 Å². The maximum absolute atomic E-state index is 13.3. The number of aliphatic hydroxyl groups is 5. The SMILES string of the molecule is CC/C=C/C=C/C=C/C=C\CCCCCCC(O)C(=O)NC(COC1OC(CO)C(O)C(O)C1OC(=O)CCCCCCCCCCCCCCCC)C(O)/C=C/CCCCCCCCCCC. The normalized spacial score (nSPS) is 20.4. The Kier molecular flexibility index (Phi) is 42.4. The van der Waals surface area contributed by atoms with Crippen LogP contribution >= 0.6 is 0 Å². The molecular weight excluding hydrogens is 859 g/mol. The fourth-order valence-corrected chi connectivity index (χ4v) is 8.37. The van der Waals surface area contributed by atoms with Crippen LogP contribution in [0, 0.1) is 0 Å². The lowest BCUT2D eigenvalue weighted by Gasteiger charge is -2.41. The minimum Gasteiger partial charge on any atom is -0.454 e. The van der Waals surface area contributed by atoms with E-state index >= 15 is 0 Å². The number of ether oxygens (including phenoxy) is 3. The van der Waals surface area contributed by atoms with Crippen LogP contribution in [-0.4, -0.2) is 99.6 Å². The second-order valence-corrected chi connectivity index (χ2v) is 19.0. The van der Waals surface area contributed by atoms with Gasteiger partial charge < -0.3 is 45.1 Å². The molecule has 1 fully saturated rings. The lowest BCUT2D eigenvalue weighted by atomic mass is 9.99. The van der Waals surface area contributed by atoms with Gasteiger partial charge in [0.25, 0.3) is 0 Å². The number of esters is 1. The maximum atomic E-state index is 13.3. The molecule has 1 saturated heterocycles. The molecule has 0 spiro atoms. The number of hydrogen-bond donors (Lipinski definition) is 6. The molecule has 68 heavy (non-hydrogen) atoms. The minimum absolute atomic E-state index is 0.122. The van der Waals surface area contributed by atoms with E-state index in [2.05, 4.69) is 38.2 Å². The van der Waals surface area contributed by atoms with Crippen molar-refractivity contribution in [2.45, 2.75) is 275 Å². The lowest BCUT2D eigenvalue weighted by Crippen LogP contribution is -2.61. The molecular formula is C57H101NO10. The molecule has 11 nitrogen and oxygen atoms in total. The summed E-state index contributed by atoms with van der Waals surface area (Å²) in [4.78, 5) is 26.4. The average Bonchev–Trinajstić information content (AvgIpc) is 3.33. The first-order chi connectivity index (χ1) is 33.2. The van der Waals surface area contributed by atoms with Gasteiger partial charge in [0.2, 0.25) is 5.91 Å². The van der Waals surface area contributed by atoms with E-state index in [-0.39, 0.29) is 19.4 Å². The molecule has 1 aliphatic rings. The predicted octanol–water partition coefficient (Wildman–Crippen LogP) is 11.9. The van der Waals surface area contributed by atoms with E-state index in [0.717, 1.165) is 70.6 Å². The molecule has 1 aliphatic heterocycles. The van der Waals surface area contributed by atoms with Crippen molar-refractivity contribution >= 4 is 11.9 Å². The topological polar surface area (TPSA) is 175 Å². The molecule has 0 aromatic rings. The molecule has 0 saturated carbocycles. The van der Waals surface area contributed by atoms with E-state index in [9.17, 15) is 35.1 Å². The number of rotatable bonds is 45. The highest BCUT2D eigenvalue weighted by molar-refractivity contribution is 5.80. The van der Waals surface area contributed by atoms with E-state index in [4.69, 9.17) is 14.2 Å². The van der Waals surface area contributed by atoms with E-state index in [1.54, 1.807) is 6.08 Å². The van der Waals surface area contributed by atoms with Crippen LogP contribution in [0.1, 0.15) is 226 Å². The zero-order chi connectivity index (χ0) is 49.7. The fourth-order valence-electron chi connectivity index (χ4n) is 8.37. The highest BCUT2D eigenvalue weighted by atomic mass is 16.7. The Labute approximate surface area is 414 Å². The third kappa shape index (κ3) is 33.8. The van der Waals surface area contributed by atoms with Gasteiger partial charge in [0.05, 0.1) is 25.4 Å². The number of carbonyl (C=O) groups excluding carboxylic acids is 2. The molecule has 1 heterocycles. The van der Waals surface area contributed by atoms with Crippen LogP contribution in [0.2, 0.25) is 0 Å². The molecule has 1 amide bonds. The Morgan fingerprint density at radius 1 is 0.588 bits per heavy atom. The molecule has 0 aromatic heterocycles. The Morgan fingerprint density at radius 2 is 1.06 bits per heavy atom. The number of aliphatic hydroxyl groups excluding tert-OH is 5. The van der Waals surface area contributed by atoms with Crippen molar-refractivity contribution in [1.29, 1.82) is 0 Å². The predicted molar refractivity (Wildman–Crippen MR) is 278 cm³/mol. The lowest BCUT2D eigenvalue weighted by molar-refractivity contribution is -0.305. The second-order valence-electron chi connectivity index (χ2n) is 19.0. The van der Waals surface area contributed by atoms with Crippen molar-refractivity contribution in [2.24, 2.45) is 0 Å². The Hall–Kier alpha value is -2.64. The van der Waals surface area contributed by atoms with Crippen LogP contribution < -0.4 is 5.32 Å². The van der Waals surface area contributed by atoms with E-state index in [1.165, 1.54) is 109 Å². The number of hydrogen-bond acceptors (Lipinski definition) is 10. The van der Waals surface area contributed by atoms with Crippen LogP contribution in [0.5, 0.6) is 0 Å². The van der Waals surface area contributed by atoms with Crippen LogP contribution in [0.25, 0.3) is 0 Å². The third-order valence-electron chi connectivity index (χ3n) is 12.8. The van der Waals surface area contributed by atoms with Crippen molar-refractivity contribution < 1.29 is 49.3 Å². The van der Waals surface area contributed by atoms with Crippen molar-refractivity contribution in [3.8, 4) is 0 Å². The van der Waals surface area contributed by atoms with Gasteiger partial charge in [-0.1, -0.05) is 236 Å². The number of nitrogens with one attached hydrogen (secondary N) is 1. The van der Waals surface area contributed by atoms with Gasteiger partial charge in [-0.15, -0.1) is 0 Å². The first-order valence-corrected chi connectivity index (χ1v) is 27.6. The van der Waals surface area contributed by atoms with Gasteiger partial charge in [0, 0.05) is 6.42 Å². The molecule has 6 N–H and O–H groups in total. The molecule has 11 heteroatoms. The number of allylic oxidation sites excluding steroid dienone is 9. The van der Waals surface area contributed by atoms with Crippen molar-refractivity contribution in [2.75, 3.05) is 13.2 Å². The number of amides is 1. The molecule has 394 valence electrons. The Bertz CT molecular complexity index is 1330. The van der Waals surface area contributed by atoms with Gasteiger partial charge in [0.15, 0.2) is 12.4 Å². The Morgan fingerprint density at radius 3 is 1.59 bits per heavy atom. The van der Waals surface area contributed by atoms with E-state index in [1.807, 2.05) is 42.5 Å². The number of carbonyl (C=O) groups is 2. The summed E-state index contributed by atoms with van der Waals surface area (Å²) in [6.07, 6.45) is 44.1. The quantitative estimate of drug-likeness (QED) is 0.0149. The van der Waals surface area contributed by atoms with Gasteiger partial charge in [-0.2, -0.15) is 0 Å². The summed E-state index contributed by atoms with van der Waals surface area (Å²) < 4.78 is 17.5. The first kappa shape index (κ1) is 63.4. The van der Waals surface area contributed by atoms with Crippen LogP contribution in [0.4, 0.5) is 0 Å². The minimum atomic E-state index is -1.62. The molecule has 1 rings (SSSR count). The maximum Gasteiger partial charge on any atom is 0.306 e. The van der Waals surface area contributed by atoms with Gasteiger partial charge >= 0.3 is 5.97 Å². The molecule has 0 radical (unpaired) electrons. The van der Waals surface area contributed by atoms with Crippen LogP contribution in [0.15, 0.2) is 60.8 Å². The zero-order valence-electron chi connectivity index (χ0n) is 43.2. The summed E-state index contributed by atoms with van der Waals surface area (Å²) in [6, 6.07) is -1.03. The largest absolute Gasteiger partial charge is 0.454 e. The summed E-state index contributed by atoms with van der Waals surface area (Å²) >= 11 is 0. The molecule has 8 atom stereocenters. The monoisotopic (exact) mass is 960 g/mol. The summed E-state index contributed by atoms with van der Waals surface area (Å²) in [5.41, 5.74) is 0. The zero-order valence-corrected chi connectivity index (χ0v) is 43.2. The van der Waals surface area contributed by atoms with Gasteiger partial charge in [-0.05, 0) is 44.9 Å². The summed E-state index contributed by atoms with van der Waals surface area (Å²) in [7, 11) is 0. The van der Waals surface area contributed by atoms with Crippen molar-refractivity contribution in [1.82, 2.24) is 5.32 Å². The van der Waals surface area contributed by atoms with Gasteiger partial charge in [0.1, 0.15) is 24.4 Å². The highest BCUT2D eigenvalue weighted by Crippen LogP contribution is 2.26. The van der Waals surface area contributed by atoms with Crippen LogP contribution in [-0.2, 0) is 23.8 Å². The Balaban J connectivity index is 2.76. The highest BCUT2D eigenvalue weighted by Gasteiger charge is 2.47. The fraction of sp³-hybridized carbons (Fsp3) is 0.789. The van der Waals surface area contributed by atoms with E-state index < -0.39 is 67.4 Å². The smallest absolute Gasteiger partial charge is 0.306 e. The summed E-state index contributed by atoms with van der Waals surface area (Å²) in [5.74, 6) is -1.22. The number of unbranched alkanes of at least 4 members (excludes halogenated alkanes) is 26. The average molecular weight is 960 g/mol. The first-order valence-electron chi connectivity index (χ1n) is 27.6.